The van der Waals surface area contributed by atoms with Gasteiger partial charge < -0.3 is 87.8 Å². The zero-order valence-electron chi connectivity index (χ0n) is 76.0. The fourth-order valence-corrected chi connectivity index (χ4v) is 19.5. The highest BCUT2D eigenvalue weighted by atomic mass is 16.7. The van der Waals surface area contributed by atoms with Gasteiger partial charge in [-0.25, -0.2) is 9.59 Å². The number of nitrogens with zero attached hydrogens (tertiary/aromatic N) is 2. The van der Waals surface area contributed by atoms with E-state index in [1.165, 1.54) is 31.1 Å². The minimum atomic E-state index is -2.51. The number of hydrogen-bond donors (Lipinski definition) is 6. The molecule has 0 aromatic carbocycles. The highest BCUT2D eigenvalue weighted by molar-refractivity contribution is 6.39. The molecule has 688 valence electrons. The molecule has 4 bridgehead atoms. The van der Waals surface area contributed by atoms with Crippen molar-refractivity contribution in [2.45, 2.75) is 340 Å². The molecule has 6 heterocycles. The number of methoxy groups -OCH3 is 6. The topological polar surface area (TPSA) is 374 Å². The molecule has 4 saturated heterocycles. The smallest absolute Gasteiger partial charge is 0.329 e. The SMILES string of the molecule is C=CC[C@@H]1/C=C(\C)C[C@H](C)C[C@H](OC)[C@H]2O[C@@](O)(C(=O)C(=O)N3CCCC[C@H]3C(=O)O[C@H](/C(C)=C/[C@@H]3CC[C@@H](O)[C@H](OC)C3)[C@H](C)[C@@H](O)CC1=O)[C@H](C)C[C@@H]2OC.CO[C@H]1C[C@@H]2CC[C@@H](C)[C@@](O)(O2)C(=O)C(=O)N2CCCC[C@H]2C(=O)O[C@H]([C@H](C)C[C@@H]2CC[C@@H](O)[C@H](OC)C2)CC(=O)[C@H](C)/C=C(\C)[C@@H](O)[C@@H](OC)C(=O)[C@H](C)C[C@H](C)/C=C/C=CC=C1C. The summed E-state index contributed by atoms with van der Waals surface area (Å²) in [6, 6.07) is -2.28. The molecule has 6 fully saturated rings. The van der Waals surface area contributed by atoms with Gasteiger partial charge in [0.15, 0.2) is 5.78 Å². The maximum atomic E-state index is 14.4. The molecular weight excluding hydrogens is 1570 g/mol. The van der Waals surface area contributed by atoms with Crippen molar-refractivity contribution < 1.29 is 121 Å². The van der Waals surface area contributed by atoms with Crippen LogP contribution in [0.15, 0.2) is 83.6 Å². The van der Waals surface area contributed by atoms with Gasteiger partial charge in [0.1, 0.15) is 54.2 Å². The first-order valence-electron chi connectivity index (χ1n) is 44.8. The lowest BCUT2D eigenvalue weighted by Crippen LogP contribution is -2.64. The van der Waals surface area contributed by atoms with Gasteiger partial charge in [-0.1, -0.05) is 116 Å². The summed E-state index contributed by atoms with van der Waals surface area (Å²) in [5.41, 5.74) is 2.88. The van der Waals surface area contributed by atoms with Gasteiger partial charge in [-0.05, 0) is 202 Å². The molecule has 6 aliphatic heterocycles. The Morgan fingerprint density at radius 2 is 1.16 bits per heavy atom. The lowest BCUT2D eigenvalue weighted by Gasteiger charge is -2.47. The molecule has 0 aromatic rings. The van der Waals surface area contributed by atoms with Crippen LogP contribution in [0.25, 0.3) is 0 Å². The molecule has 8 rings (SSSR count). The number of Topliss-reactive ketones (excluding diaryl/α,β-unsaturated/α-hetero) is 5. The maximum absolute atomic E-state index is 14.4. The predicted molar refractivity (Wildman–Crippen MR) is 458 cm³/mol. The number of ether oxygens (including phenoxy) is 10. The van der Waals surface area contributed by atoms with Gasteiger partial charge in [0.2, 0.25) is 11.6 Å². The van der Waals surface area contributed by atoms with Gasteiger partial charge in [0.05, 0.1) is 54.9 Å². The van der Waals surface area contributed by atoms with E-state index in [2.05, 4.69) is 6.58 Å². The molecule has 8 aliphatic rings. The summed E-state index contributed by atoms with van der Waals surface area (Å²) in [5, 5.41) is 68.0. The summed E-state index contributed by atoms with van der Waals surface area (Å²) in [6.45, 7) is 25.9. The number of carbonyl (C=O) groups excluding carboxylic acids is 9. The average molecular weight is 1720 g/mol. The first-order chi connectivity index (χ1) is 57.7. The summed E-state index contributed by atoms with van der Waals surface area (Å²) in [7, 11) is 9.13. The molecule has 27 nitrogen and oxygen atoms in total. The first kappa shape index (κ1) is 103. The van der Waals surface area contributed by atoms with E-state index in [1.807, 2.05) is 91.0 Å². The molecule has 0 unspecified atom stereocenters. The summed E-state index contributed by atoms with van der Waals surface area (Å²) in [4.78, 5) is 130. The Morgan fingerprint density at radius 1 is 0.582 bits per heavy atom. The van der Waals surface area contributed by atoms with Crippen molar-refractivity contribution in [3.63, 3.8) is 0 Å². The Morgan fingerprint density at radius 3 is 1.75 bits per heavy atom. The van der Waals surface area contributed by atoms with Crippen LogP contribution in [0.4, 0.5) is 0 Å². The third-order valence-electron chi connectivity index (χ3n) is 27.4. The van der Waals surface area contributed by atoms with Crippen molar-refractivity contribution in [3.05, 3.63) is 83.6 Å². The number of fused-ring (bicyclic) bond motifs is 6. The molecule has 6 N–H and O–H groups in total. The van der Waals surface area contributed by atoms with Crippen LogP contribution < -0.4 is 0 Å². The number of carbonyl (C=O) groups is 9. The number of amides is 2. The van der Waals surface area contributed by atoms with E-state index < -0.39 is 168 Å². The van der Waals surface area contributed by atoms with E-state index in [4.69, 9.17) is 47.4 Å². The standard InChI is InChI=1S/C51H79NO13.C44H69NO12/c1-30-16-12-11-13-17-31(2)42(61-8)28-38-21-19-36(7)51(60,65-38)48(57)49(58)52-23-15-14-18-39(52)50(59)64-43(33(4)26-37-20-22-40(53)44(27-37)62-9)29-41(54)32(3)25-35(6)46(56)47(63-10)45(55)34(5)24-30;1-10-13-31-19-25(2)18-26(3)20-37(54-8)40-38(55-9)22-28(5)44(52,57-40)41(49)42(50)45-17-12-11-14-32(45)43(51)56-39(29(6)34(47)24-35(31)48)27(4)21-30-15-16-33(46)36(23-30)53-7/h11-13,16-17,25,30,32-34,36-40,42-44,46-47,53,56,60H,14-15,18-24,26-29H2,1-10H3;10,19,21,26,28-34,36-40,46-47,52H,1,11-18,20,22-24H2,2-9H3/b13-11?,16-12+,31-17?,35-25+;25-19+,27-21+/t30-,32-,33-,34-,36-,37+,38+,39+,40-,42+,43+,44-,46-,47+,51-;26-,28+,29+,30-,31+,32-,33+,34-,36+,37-,38-,39+,40+,44+/m10/s1. The summed E-state index contributed by atoms with van der Waals surface area (Å²) in [5.74, 6) is -15.7. The Bertz CT molecular complexity index is 3700. The van der Waals surface area contributed by atoms with Crippen LogP contribution in [0, 0.1) is 65.1 Å². The molecule has 2 amide bonds. The van der Waals surface area contributed by atoms with Crippen LogP contribution in [-0.4, -0.2) is 258 Å². The number of piperidine rings is 2. The number of hydrogen-bond acceptors (Lipinski definition) is 25. The van der Waals surface area contributed by atoms with Crippen molar-refractivity contribution in [1.29, 1.82) is 0 Å². The highest BCUT2D eigenvalue weighted by Crippen LogP contribution is 2.43. The molecule has 0 radical (unpaired) electrons. The van der Waals surface area contributed by atoms with Crippen LogP contribution in [0.5, 0.6) is 0 Å². The second kappa shape index (κ2) is 48.1. The molecule has 27 heteroatoms. The molecule has 0 aromatic heterocycles. The van der Waals surface area contributed by atoms with Crippen LogP contribution in [0.3, 0.4) is 0 Å². The van der Waals surface area contributed by atoms with Gasteiger partial charge in [-0.3, -0.25) is 33.6 Å². The van der Waals surface area contributed by atoms with E-state index in [-0.39, 0.29) is 104 Å². The van der Waals surface area contributed by atoms with Gasteiger partial charge >= 0.3 is 11.9 Å². The van der Waals surface area contributed by atoms with Crippen LogP contribution in [0.1, 0.15) is 231 Å². The zero-order valence-corrected chi connectivity index (χ0v) is 76.0. The Hall–Kier alpha value is -6.15. The van der Waals surface area contributed by atoms with Crippen molar-refractivity contribution >= 4 is 52.7 Å². The third-order valence-corrected chi connectivity index (χ3v) is 27.4. The lowest BCUT2D eigenvalue weighted by atomic mass is 9.78. The quantitative estimate of drug-likeness (QED) is 0.0567. The molecule has 2 saturated carbocycles. The van der Waals surface area contributed by atoms with Crippen LogP contribution in [-0.2, 0) is 90.5 Å². The Balaban J connectivity index is 0.000000339. The molecule has 122 heavy (non-hydrogen) atoms. The second-order valence-electron chi connectivity index (χ2n) is 36.9. The van der Waals surface area contributed by atoms with E-state index in [0.29, 0.717) is 120 Å². The molecule has 2 aliphatic carbocycles. The van der Waals surface area contributed by atoms with Gasteiger partial charge in [0.25, 0.3) is 23.4 Å². The van der Waals surface area contributed by atoms with Crippen LogP contribution >= 0.6 is 0 Å². The summed E-state index contributed by atoms with van der Waals surface area (Å²) >= 11 is 0. The molecular formula is C95H148N2O25. The zero-order chi connectivity index (χ0) is 90.4. The van der Waals surface area contributed by atoms with Gasteiger partial charge in [-0.15, -0.1) is 6.58 Å². The minimum Gasteiger partial charge on any atom is -0.460 e. The average Bonchev–Trinajstić information content (AvgIpc) is 0.769. The maximum Gasteiger partial charge on any atom is 0.329 e. The lowest BCUT2D eigenvalue weighted by molar-refractivity contribution is -0.302. The predicted octanol–water partition coefficient (Wildman–Crippen LogP) is 10.8. The number of esters is 2. The largest absolute Gasteiger partial charge is 0.460 e. The summed E-state index contributed by atoms with van der Waals surface area (Å²) in [6.07, 6.45) is 16.1. The number of allylic oxidation sites excluding steroid dienone is 10. The van der Waals surface area contributed by atoms with Crippen molar-refractivity contribution in [2.24, 2.45) is 65.1 Å². The number of aliphatic hydroxyl groups excluding tert-OH is 4. The number of cyclic esters (lactones) is 2. The number of ketones is 5. The van der Waals surface area contributed by atoms with E-state index in [9.17, 15) is 73.8 Å². The highest BCUT2D eigenvalue weighted by Gasteiger charge is 2.58. The number of rotatable bonds is 13. The molecule has 29 atom stereocenters. The minimum absolute atomic E-state index is 0.00988. The molecule has 0 spiro atoms. The monoisotopic (exact) mass is 1720 g/mol. The number of aliphatic hydroxyl groups is 6. The van der Waals surface area contributed by atoms with Crippen molar-refractivity contribution in [3.8, 4) is 0 Å². The van der Waals surface area contributed by atoms with Gasteiger partial charge in [0, 0.05) is 111 Å². The van der Waals surface area contributed by atoms with Crippen molar-refractivity contribution in [1.82, 2.24) is 9.80 Å². The van der Waals surface area contributed by atoms with Gasteiger partial charge in [-0.2, -0.15) is 0 Å². The van der Waals surface area contributed by atoms with E-state index in [0.717, 1.165) is 17.6 Å². The van der Waals surface area contributed by atoms with Crippen molar-refractivity contribution in [2.75, 3.05) is 55.7 Å². The Labute approximate surface area is 724 Å². The second-order valence-corrected chi connectivity index (χ2v) is 36.9. The van der Waals surface area contributed by atoms with E-state index >= 15 is 0 Å². The fraction of sp³-hybridized carbons (Fsp3) is 0.758. The first-order valence-corrected chi connectivity index (χ1v) is 44.8. The van der Waals surface area contributed by atoms with Crippen LogP contribution in [0.2, 0.25) is 0 Å². The summed E-state index contributed by atoms with van der Waals surface area (Å²) < 4.78 is 59.1. The third kappa shape index (κ3) is 27.0. The fourth-order valence-electron chi connectivity index (χ4n) is 19.5. The normalized spacial score (nSPS) is 40.0. The Kier molecular flexibility index (Phi) is 40.6. The van der Waals surface area contributed by atoms with E-state index in [1.54, 1.807) is 68.1 Å².